The number of nitrogens with one attached hydrogen (secondary N) is 1. The molecular formula is C10H12ClN2O3S. The molecule has 0 heterocycles. The summed E-state index contributed by atoms with van der Waals surface area (Å²) >= 11 is 5.90. The van der Waals surface area contributed by atoms with E-state index < -0.39 is 15.9 Å². The average molecular weight is 276 g/mol. The molecule has 0 unspecified atom stereocenters. The lowest BCUT2D eigenvalue weighted by atomic mass is 10.1. The molecule has 1 rings (SSSR count). The molecule has 0 fully saturated rings. The molecule has 5 nitrogen and oxygen atoms in total. The molecule has 0 saturated heterocycles. The lowest BCUT2D eigenvalue weighted by Gasteiger charge is -2.10. The zero-order valence-corrected chi connectivity index (χ0v) is 10.9. The fourth-order valence-corrected chi connectivity index (χ4v) is 2.12. The quantitative estimate of drug-likeness (QED) is 0.861. The number of anilines is 1. The number of amides is 1. The van der Waals surface area contributed by atoms with E-state index in [-0.39, 0.29) is 5.02 Å². The summed E-state index contributed by atoms with van der Waals surface area (Å²) in [5, 5.41) is 0.251. The second kappa shape index (κ2) is 4.93. The molecule has 1 aromatic carbocycles. The normalized spacial score (nSPS) is 11.2. The number of sulfonamides is 1. The summed E-state index contributed by atoms with van der Waals surface area (Å²) in [4.78, 5) is 10.7. The Hall–Kier alpha value is -1.27. The summed E-state index contributed by atoms with van der Waals surface area (Å²) < 4.78 is 24.5. The number of benzene rings is 1. The van der Waals surface area contributed by atoms with Gasteiger partial charge in [0.15, 0.2) is 0 Å². The molecule has 0 aliphatic carbocycles. The van der Waals surface area contributed by atoms with Gasteiger partial charge in [-0.1, -0.05) is 17.7 Å². The van der Waals surface area contributed by atoms with Gasteiger partial charge < -0.3 is 5.73 Å². The Bertz CT molecular complexity index is 555. The van der Waals surface area contributed by atoms with Gasteiger partial charge in [0.2, 0.25) is 15.9 Å². The molecule has 0 aromatic heterocycles. The van der Waals surface area contributed by atoms with E-state index in [9.17, 15) is 13.2 Å². The molecule has 93 valence electrons. The zero-order valence-electron chi connectivity index (χ0n) is 9.32. The van der Waals surface area contributed by atoms with Crippen molar-refractivity contribution in [2.75, 3.05) is 11.0 Å². The zero-order chi connectivity index (χ0) is 13.2. The Balaban J connectivity index is 3.13. The van der Waals surface area contributed by atoms with Gasteiger partial charge in [-0.15, -0.1) is 0 Å². The molecule has 0 aliphatic rings. The Morgan fingerprint density at radius 1 is 1.47 bits per heavy atom. The van der Waals surface area contributed by atoms with Crippen LogP contribution in [0.15, 0.2) is 12.1 Å². The van der Waals surface area contributed by atoms with E-state index in [1.165, 1.54) is 12.5 Å². The van der Waals surface area contributed by atoms with E-state index in [1.54, 1.807) is 13.0 Å². The molecular weight excluding hydrogens is 264 g/mol. The van der Waals surface area contributed by atoms with Gasteiger partial charge in [-0.25, -0.2) is 8.42 Å². The highest BCUT2D eigenvalue weighted by Gasteiger charge is 2.11. The van der Waals surface area contributed by atoms with Gasteiger partial charge in [0.1, 0.15) is 0 Å². The van der Waals surface area contributed by atoms with Crippen molar-refractivity contribution in [3.05, 3.63) is 34.7 Å². The van der Waals surface area contributed by atoms with Gasteiger partial charge in [-0.3, -0.25) is 9.52 Å². The molecule has 0 aliphatic heterocycles. The van der Waals surface area contributed by atoms with Crippen LogP contribution in [0.4, 0.5) is 5.69 Å². The third kappa shape index (κ3) is 4.24. The number of halogens is 1. The highest BCUT2D eigenvalue weighted by Crippen LogP contribution is 2.26. The Morgan fingerprint density at radius 2 is 2.06 bits per heavy atom. The van der Waals surface area contributed by atoms with E-state index in [0.29, 0.717) is 16.8 Å². The lowest BCUT2D eigenvalue weighted by molar-refractivity contribution is -0.114. The number of primary amides is 1. The fourth-order valence-electron chi connectivity index (χ4n) is 1.28. The van der Waals surface area contributed by atoms with Gasteiger partial charge in [-0.05, 0) is 24.1 Å². The lowest BCUT2D eigenvalue weighted by Crippen LogP contribution is -2.13. The van der Waals surface area contributed by atoms with Crippen molar-refractivity contribution < 1.29 is 13.2 Å². The summed E-state index contributed by atoms with van der Waals surface area (Å²) in [6.45, 7) is 1.70. The third-order valence-electron chi connectivity index (χ3n) is 1.94. The van der Waals surface area contributed by atoms with E-state index >= 15 is 0 Å². The van der Waals surface area contributed by atoms with Crippen LogP contribution >= 0.6 is 11.6 Å². The minimum absolute atomic E-state index is 0.251. The first-order valence-corrected chi connectivity index (χ1v) is 6.88. The Morgan fingerprint density at radius 3 is 2.53 bits per heavy atom. The standard InChI is InChI=1S/C10H12ClN2O3S/c1-6-3-7(4-10(12)14)8(11)5-9(6)13-17(2,15)16/h3-5,13H,1-2H3,(H2,12,14). The number of carbonyl (C=O) groups excluding carboxylic acids is 1. The smallest absolute Gasteiger partial charge is 0.229 e. The van der Waals surface area contributed by atoms with Crippen LogP contribution in [-0.4, -0.2) is 20.6 Å². The number of hydrogen-bond acceptors (Lipinski definition) is 3. The van der Waals surface area contributed by atoms with Gasteiger partial charge >= 0.3 is 0 Å². The molecule has 7 heteroatoms. The minimum Gasteiger partial charge on any atom is -0.369 e. The SMILES string of the molecule is Cc1cc([CH]C(N)=O)c(Cl)cc1NS(C)(=O)=O. The monoisotopic (exact) mass is 275 g/mol. The van der Waals surface area contributed by atoms with Crippen molar-refractivity contribution >= 4 is 33.2 Å². The van der Waals surface area contributed by atoms with Crippen molar-refractivity contribution in [3.8, 4) is 0 Å². The number of hydrogen-bond donors (Lipinski definition) is 2. The summed E-state index contributed by atoms with van der Waals surface area (Å²) in [6.07, 6.45) is 2.23. The molecule has 17 heavy (non-hydrogen) atoms. The molecule has 3 N–H and O–H groups in total. The molecule has 0 spiro atoms. The molecule has 0 saturated carbocycles. The summed E-state index contributed by atoms with van der Waals surface area (Å²) in [7, 11) is -3.36. The van der Waals surface area contributed by atoms with Crippen LogP contribution in [0, 0.1) is 13.3 Å². The van der Waals surface area contributed by atoms with Crippen molar-refractivity contribution in [2.45, 2.75) is 6.92 Å². The minimum atomic E-state index is -3.36. The predicted molar refractivity (Wildman–Crippen MR) is 67.3 cm³/mol. The van der Waals surface area contributed by atoms with E-state index in [0.717, 1.165) is 6.26 Å². The van der Waals surface area contributed by atoms with Crippen LogP contribution in [0.25, 0.3) is 0 Å². The average Bonchev–Trinajstić information content (AvgIpc) is 2.10. The second-order valence-electron chi connectivity index (χ2n) is 3.61. The number of aryl methyl sites for hydroxylation is 1. The van der Waals surface area contributed by atoms with E-state index in [4.69, 9.17) is 17.3 Å². The molecule has 1 aromatic rings. The molecule has 1 amide bonds. The highest BCUT2D eigenvalue weighted by molar-refractivity contribution is 7.92. The van der Waals surface area contributed by atoms with Gasteiger partial charge in [0.25, 0.3) is 0 Å². The summed E-state index contributed by atoms with van der Waals surface area (Å²) in [5.41, 5.74) is 6.49. The molecule has 1 radical (unpaired) electrons. The van der Waals surface area contributed by atoms with Crippen LogP contribution in [-0.2, 0) is 14.8 Å². The van der Waals surface area contributed by atoms with Gasteiger partial charge in [-0.2, -0.15) is 0 Å². The van der Waals surface area contributed by atoms with E-state index in [2.05, 4.69) is 4.72 Å². The van der Waals surface area contributed by atoms with Crippen molar-refractivity contribution in [1.82, 2.24) is 0 Å². The summed E-state index contributed by atoms with van der Waals surface area (Å²) in [6, 6.07) is 3.02. The van der Waals surface area contributed by atoms with Gasteiger partial charge in [0.05, 0.1) is 18.4 Å². The predicted octanol–water partition coefficient (Wildman–Crippen LogP) is 1.06. The molecule has 0 bridgehead atoms. The third-order valence-corrected chi connectivity index (χ3v) is 2.85. The second-order valence-corrected chi connectivity index (χ2v) is 5.77. The van der Waals surface area contributed by atoms with Crippen LogP contribution < -0.4 is 10.5 Å². The van der Waals surface area contributed by atoms with Crippen LogP contribution in [0.2, 0.25) is 5.02 Å². The van der Waals surface area contributed by atoms with E-state index in [1.807, 2.05) is 0 Å². The fraction of sp³-hybridized carbons (Fsp3) is 0.200. The van der Waals surface area contributed by atoms with Crippen LogP contribution in [0.5, 0.6) is 0 Å². The summed E-state index contributed by atoms with van der Waals surface area (Å²) in [5.74, 6) is -0.616. The topological polar surface area (TPSA) is 89.3 Å². The Kier molecular flexibility index (Phi) is 4.00. The number of nitrogens with two attached hydrogens (primary N) is 1. The highest BCUT2D eigenvalue weighted by atomic mass is 35.5. The largest absolute Gasteiger partial charge is 0.369 e. The molecule has 0 atom stereocenters. The maximum Gasteiger partial charge on any atom is 0.229 e. The van der Waals surface area contributed by atoms with Crippen LogP contribution in [0.3, 0.4) is 0 Å². The number of carbonyl (C=O) groups is 1. The first-order valence-electron chi connectivity index (χ1n) is 4.61. The van der Waals surface area contributed by atoms with Crippen molar-refractivity contribution in [1.29, 1.82) is 0 Å². The van der Waals surface area contributed by atoms with Crippen molar-refractivity contribution in [3.63, 3.8) is 0 Å². The maximum atomic E-state index is 11.1. The first kappa shape index (κ1) is 13.8. The first-order chi connectivity index (χ1) is 7.69. The van der Waals surface area contributed by atoms with Crippen LogP contribution in [0.1, 0.15) is 11.1 Å². The maximum absolute atomic E-state index is 11.1. The van der Waals surface area contributed by atoms with Crippen molar-refractivity contribution in [2.24, 2.45) is 5.73 Å². The Labute approximate surface area is 105 Å². The number of rotatable bonds is 4. The van der Waals surface area contributed by atoms with Gasteiger partial charge in [0, 0.05) is 5.02 Å².